The molecule has 1 aromatic heterocycles. The van der Waals surface area contributed by atoms with Gasteiger partial charge in [-0.1, -0.05) is 0 Å². The maximum atomic E-state index is 11.3. The standard InChI is InChI=1S/C12H18N2O4/c1-2-16-11(15)10-9-18-12(13-10)17-8-7-14-5-3-4-6-14/h9H,2-8H2,1H3. The highest BCUT2D eigenvalue weighted by Crippen LogP contribution is 2.12. The van der Waals surface area contributed by atoms with E-state index in [4.69, 9.17) is 13.9 Å². The Hall–Kier alpha value is -1.56. The number of nitrogens with zero attached hydrogens (tertiary/aromatic N) is 2. The summed E-state index contributed by atoms with van der Waals surface area (Å²) in [5.74, 6) is -0.490. The molecule has 0 radical (unpaired) electrons. The van der Waals surface area contributed by atoms with Crippen LogP contribution in [0.3, 0.4) is 0 Å². The van der Waals surface area contributed by atoms with E-state index in [9.17, 15) is 4.79 Å². The fourth-order valence-corrected chi connectivity index (χ4v) is 1.89. The second-order valence-electron chi connectivity index (χ2n) is 4.12. The first-order valence-electron chi connectivity index (χ1n) is 6.27. The van der Waals surface area contributed by atoms with Crippen molar-refractivity contribution in [3.63, 3.8) is 0 Å². The minimum Gasteiger partial charge on any atom is -0.461 e. The predicted octanol–water partition coefficient (Wildman–Crippen LogP) is 1.33. The summed E-state index contributed by atoms with van der Waals surface area (Å²) in [6, 6.07) is 0. The van der Waals surface area contributed by atoms with E-state index in [1.165, 1.54) is 19.1 Å². The van der Waals surface area contributed by atoms with Crippen LogP contribution in [0.2, 0.25) is 0 Å². The molecule has 0 bridgehead atoms. The van der Waals surface area contributed by atoms with Crippen LogP contribution in [-0.2, 0) is 4.74 Å². The van der Waals surface area contributed by atoms with E-state index in [-0.39, 0.29) is 11.8 Å². The number of rotatable bonds is 6. The smallest absolute Gasteiger partial charge is 0.394 e. The number of hydrogen-bond acceptors (Lipinski definition) is 6. The van der Waals surface area contributed by atoms with Gasteiger partial charge in [0.2, 0.25) is 0 Å². The summed E-state index contributed by atoms with van der Waals surface area (Å²) in [6.45, 7) is 5.69. The molecule has 100 valence electrons. The monoisotopic (exact) mass is 254 g/mol. The van der Waals surface area contributed by atoms with Gasteiger partial charge in [0.25, 0.3) is 0 Å². The van der Waals surface area contributed by atoms with Crippen molar-refractivity contribution in [1.82, 2.24) is 9.88 Å². The van der Waals surface area contributed by atoms with Crippen LogP contribution in [0.1, 0.15) is 30.3 Å². The normalized spacial score (nSPS) is 15.8. The SMILES string of the molecule is CCOC(=O)c1coc(OCCN2CCCC2)n1. The van der Waals surface area contributed by atoms with Gasteiger partial charge in [-0.25, -0.2) is 4.79 Å². The molecule has 1 fully saturated rings. The average molecular weight is 254 g/mol. The Morgan fingerprint density at radius 2 is 2.28 bits per heavy atom. The number of likely N-dealkylation sites (tertiary alicyclic amines) is 1. The first-order valence-corrected chi connectivity index (χ1v) is 6.27. The summed E-state index contributed by atoms with van der Waals surface area (Å²) in [5.41, 5.74) is 0.146. The topological polar surface area (TPSA) is 64.8 Å². The van der Waals surface area contributed by atoms with Crippen molar-refractivity contribution in [2.45, 2.75) is 19.8 Å². The molecule has 6 nitrogen and oxygen atoms in total. The van der Waals surface area contributed by atoms with E-state index in [1.807, 2.05) is 0 Å². The lowest BCUT2D eigenvalue weighted by Crippen LogP contribution is -2.25. The summed E-state index contributed by atoms with van der Waals surface area (Å²) in [4.78, 5) is 17.6. The largest absolute Gasteiger partial charge is 0.461 e. The summed E-state index contributed by atoms with van der Waals surface area (Å²) < 4.78 is 15.2. The molecule has 0 spiro atoms. The fraction of sp³-hybridized carbons (Fsp3) is 0.667. The molecule has 0 saturated carbocycles. The van der Waals surface area contributed by atoms with E-state index in [0.29, 0.717) is 13.2 Å². The van der Waals surface area contributed by atoms with Gasteiger partial charge < -0.3 is 13.9 Å². The Morgan fingerprint density at radius 1 is 1.50 bits per heavy atom. The lowest BCUT2D eigenvalue weighted by atomic mass is 10.4. The molecule has 1 aromatic rings. The van der Waals surface area contributed by atoms with Gasteiger partial charge in [0, 0.05) is 6.54 Å². The molecule has 0 aliphatic carbocycles. The van der Waals surface area contributed by atoms with Crippen molar-refractivity contribution in [1.29, 1.82) is 0 Å². The van der Waals surface area contributed by atoms with E-state index in [1.54, 1.807) is 6.92 Å². The average Bonchev–Trinajstić information content (AvgIpc) is 3.00. The van der Waals surface area contributed by atoms with Crippen LogP contribution >= 0.6 is 0 Å². The highest BCUT2D eigenvalue weighted by Gasteiger charge is 2.15. The van der Waals surface area contributed by atoms with Crippen LogP contribution in [-0.4, -0.2) is 48.7 Å². The van der Waals surface area contributed by atoms with Gasteiger partial charge in [-0.05, 0) is 32.9 Å². The first-order chi connectivity index (χ1) is 8.79. The lowest BCUT2D eigenvalue weighted by Gasteiger charge is -2.13. The number of esters is 1. The number of hydrogen-bond donors (Lipinski definition) is 0. The van der Waals surface area contributed by atoms with Crippen LogP contribution in [0, 0.1) is 0 Å². The van der Waals surface area contributed by atoms with Crippen LogP contribution in [0.5, 0.6) is 6.08 Å². The molecule has 2 heterocycles. The molecule has 0 amide bonds. The number of aromatic nitrogens is 1. The Labute approximate surface area is 106 Å². The highest BCUT2D eigenvalue weighted by molar-refractivity contribution is 5.86. The van der Waals surface area contributed by atoms with Crippen molar-refractivity contribution in [3.05, 3.63) is 12.0 Å². The Kier molecular flexibility index (Phi) is 4.58. The second-order valence-corrected chi connectivity index (χ2v) is 4.12. The summed E-state index contributed by atoms with van der Waals surface area (Å²) in [7, 11) is 0. The quantitative estimate of drug-likeness (QED) is 0.713. The zero-order valence-corrected chi connectivity index (χ0v) is 10.6. The van der Waals surface area contributed by atoms with Crippen molar-refractivity contribution in [3.8, 4) is 6.08 Å². The number of ether oxygens (including phenoxy) is 2. The third-order valence-corrected chi connectivity index (χ3v) is 2.80. The van der Waals surface area contributed by atoms with Gasteiger partial charge >= 0.3 is 12.0 Å². The molecule has 1 saturated heterocycles. The van der Waals surface area contributed by atoms with Crippen molar-refractivity contribution >= 4 is 5.97 Å². The second kappa shape index (κ2) is 6.39. The third-order valence-electron chi connectivity index (χ3n) is 2.80. The molecule has 1 aliphatic heterocycles. The summed E-state index contributed by atoms with van der Waals surface area (Å²) in [5, 5.41) is 0. The van der Waals surface area contributed by atoms with Gasteiger partial charge in [0.1, 0.15) is 12.9 Å². The van der Waals surface area contributed by atoms with Crippen LogP contribution in [0.15, 0.2) is 10.7 Å². The molecule has 1 aliphatic rings. The highest BCUT2D eigenvalue weighted by atomic mass is 16.6. The van der Waals surface area contributed by atoms with Crippen LogP contribution < -0.4 is 4.74 Å². The molecule has 18 heavy (non-hydrogen) atoms. The predicted molar refractivity (Wildman–Crippen MR) is 63.6 cm³/mol. The van der Waals surface area contributed by atoms with E-state index in [2.05, 4.69) is 9.88 Å². The minimum absolute atomic E-state index is 0.122. The van der Waals surface area contributed by atoms with Crippen molar-refractivity contribution in [2.24, 2.45) is 0 Å². The van der Waals surface area contributed by atoms with Crippen molar-refractivity contribution < 1.29 is 18.7 Å². The first kappa shape index (κ1) is 12.9. The zero-order valence-electron chi connectivity index (χ0n) is 10.6. The molecular formula is C12H18N2O4. The molecule has 6 heteroatoms. The van der Waals surface area contributed by atoms with Crippen LogP contribution in [0.4, 0.5) is 0 Å². The fourth-order valence-electron chi connectivity index (χ4n) is 1.89. The molecule has 0 aromatic carbocycles. The maximum absolute atomic E-state index is 11.3. The summed E-state index contributed by atoms with van der Waals surface area (Å²) >= 11 is 0. The van der Waals surface area contributed by atoms with Gasteiger partial charge in [-0.3, -0.25) is 4.90 Å². The van der Waals surface area contributed by atoms with E-state index >= 15 is 0 Å². The molecule has 0 unspecified atom stereocenters. The van der Waals surface area contributed by atoms with E-state index in [0.717, 1.165) is 19.6 Å². The Morgan fingerprint density at radius 3 is 3.00 bits per heavy atom. The van der Waals surface area contributed by atoms with Gasteiger partial charge in [-0.15, -0.1) is 0 Å². The third kappa shape index (κ3) is 3.46. The van der Waals surface area contributed by atoms with E-state index < -0.39 is 5.97 Å². The van der Waals surface area contributed by atoms with Gasteiger partial charge in [0.05, 0.1) is 6.61 Å². The molecule has 0 atom stereocenters. The minimum atomic E-state index is -0.490. The van der Waals surface area contributed by atoms with Gasteiger partial charge in [0.15, 0.2) is 5.69 Å². The van der Waals surface area contributed by atoms with Crippen molar-refractivity contribution in [2.75, 3.05) is 32.8 Å². The summed E-state index contributed by atoms with van der Waals surface area (Å²) in [6.07, 6.45) is 3.89. The molecule has 0 N–H and O–H groups in total. The Balaban J connectivity index is 1.74. The number of carbonyl (C=O) groups is 1. The Bertz CT molecular complexity index is 385. The molecular weight excluding hydrogens is 236 g/mol. The lowest BCUT2D eigenvalue weighted by molar-refractivity contribution is 0.0519. The number of oxazole rings is 1. The van der Waals surface area contributed by atoms with Gasteiger partial charge in [-0.2, -0.15) is 4.98 Å². The zero-order chi connectivity index (χ0) is 12.8. The maximum Gasteiger partial charge on any atom is 0.394 e. The molecule has 2 rings (SSSR count). The number of carbonyl (C=O) groups excluding carboxylic acids is 1. The van der Waals surface area contributed by atoms with Crippen LogP contribution in [0.25, 0.3) is 0 Å².